The molecule has 3 rings (SSSR count). The Morgan fingerprint density at radius 3 is 2.48 bits per heavy atom. The molecule has 2 aromatic carbocycles. The van der Waals surface area contributed by atoms with Gasteiger partial charge in [-0.1, -0.05) is 17.7 Å². The highest BCUT2D eigenvalue weighted by atomic mass is 35.5. The lowest BCUT2D eigenvalue weighted by molar-refractivity contribution is 0.355. The molecule has 0 radical (unpaired) electrons. The molecule has 25 heavy (non-hydrogen) atoms. The number of benzene rings is 2. The minimum Gasteiger partial charge on any atom is -0.493 e. The largest absolute Gasteiger partial charge is 0.493 e. The Labute approximate surface area is 150 Å². The van der Waals surface area contributed by atoms with Crippen molar-refractivity contribution in [2.75, 3.05) is 25.3 Å². The number of hydrogen-bond acceptors (Lipinski definition) is 6. The Hall–Kier alpha value is -2.99. The van der Waals surface area contributed by atoms with Gasteiger partial charge in [-0.05, 0) is 36.4 Å². The van der Waals surface area contributed by atoms with Crippen LogP contribution in [0, 0.1) is 0 Å². The summed E-state index contributed by atoms with van der Waals surface area (Å²) in [6, 6.07) is 14.4. The number of hydrogen-bond donors (Lipinski definition) is 2. The molecule has 1 aromatic heterocycles. The maximum Gasteiger partial charge on any atom is 0.163 e. The fourth-order valence-electron chi connectivity index (χ4n) is 2.35. The number of anilines is 3. The number of nitrogen functional groups attached to an aromatic ring is 1. The highest BCUT2D eigenvalue weighted by Gasteiger charge is 2.10. The van der Waals surface area contributed by atoms with Gasteiger partial charge >= 0.3 is 0 Å². The molecule has 0 unspecified atom stereocenters. The van der Waals surface area contributed by atoms with Gasteiger partial charge in [0.1, 0.15) is 11.6 Å². The molecule has 1 heterocycles. The summed E-state index contributed by atoms with van der Waals surface area (Å²) in [5, 5.41) is 3.81. The molecule has 128 valence electrons. The SMILES string of the molecule is COc1ccc(-c2nc(N)cc(Nc3cccc(Cl)c3)n2)cc1OC. The number of ether oxygens (including phenoxy) is 2. The first-order valence-corrected chi connectivity index (χ1v) is 7.86. The number of methoxy groups -OCH3 is 2. The van der Waals surface area contributed by atoms with Crippen LogP contribution in [0.25, 0.3) is 11.4 Å². The Balaban J connectivity index is 1.96. The third-order valence-corrected chi connectivity index (χ3v) is 3.72. The van der Waals surface area contributed by atoms with Crippen molar-refractivity contribution in [2.24, 2.45) is 0 Å². The molecule has 7 heteroatoms. The maximum absolute atomic E-state index is 6.01. The van der Waals surface area contributed by atoms with Crippen LogP contribution in [0.4, 0.5) is 17.3 Å². The molecule has 3 aromatic rings. The molecule has 3 N–H and O–H groups in total. The van der Waals surface area contributed by atoms with E-state index in [0.29, 0.717) is 34.0 Å². The number of nitrogens with two attached hydrogens (primary N) is 1. The molecule has 0 saturated carbocycles. The second kappa shape index (κ2) is 7.27. The van der Waals surface area contributed by atoms with Gasteiger partial charge in [-0.15, -0.1) is 0 Å². The first kappa shape index (κ1) is 16.9. The highest BCUT2D eigenvalue weighted by Crippen LogP contribution is 2.32. The van der Waals surface area contributed by atoms with Gasteiger partial charge in [-0.3, -0.25) is 0 Å². The number of aromatic nitrogens is 2. The molecular formula is C18H17ClN4O2. The summed E-state index contributed by atoms with van der Waals surface area (Å²) in [7, 11) is 3.16. The zero-order chi connectivity index (χ0) is 17.8. The van der Waals surface area contributed by atoms with Gasteiger partial charge in [0.25, 0.3) is 0 Å². The second-order valence-corrected chi connectivity index (χ2v) is 5.64. The van der Waals surface area contributed by atoms with Crippen molar-refractivity contribution in [3.8, 4) is 22.9 Å². The summed E-state index contributed by atoms with van der Waals surface area (Å²) >= 11 is 6.01. The molecule has 0 saturated heterocycles. The number of halogens is 1. The minimum atomic E-state index is 0.351. The average Bonchev–Trinajstić information content (AvgIpc) is 2.60. The summed E-state index contributed by atoms with van der Waals surface area (Å²) in [5.74, 6) is 2.62. The summed E-state index contributed by atoms with van der Waals surface area (Å²) < 4.78 is 10.6. The van der Waals surface area contributed by atoms with Gasteiger partial charge in [0, 0.05) is 22.3 Å². The van der Waals surface area contributed by atoms with E-state index < -0.39 is 0 Å². The molecule has 0 aliphatic rings. The predicted molar refractivity (Wildman–Crippen MR) is 99.7 cm³/mol. The van der Waals surface area contributed by atoms with Crippen LogP contribution in [-0.4, -0.2) is 24.2 Å². The summed E-state index contributed by atoms with van der Waals surface area (Å²) in [6.45, 7) is 0. The lowest BCUT2D eigenvalue weighted by Crippen LogP contribution is -2.01. The number of rotatable bonds is 5. The highest BCUT2D eigenvalue weighted by molar-refractivity contribution is 6.30. The van der Waals surface area contributed by atoms with Crippen LogP contribution in [-0.2, 0) is 0 Å². The minimum absolute atomic E-state index is 0.351. The molecule has 0 aliphatic carbocycles. The topological polar surface area (TPSA) is 82.3 Å². The average molecular weight is 357 g/mol. The van der Waals surface area contributed by atoms with E-state index in [2.05, 4.69) is 15.3 Å². The standard InChI is InChI=1S/C18H17ClN4O2/c1-24-14-7-6-11(8-15(14)25-2)18-22-16(20)10-17(23-18)21-13-5-3-4-12(19)9-13/h3-10H,1-2H3,(H3,20,21,22,23). The first-order chi connectivity index (χ1) is 12.1. The Morgan fingerprint density at radius 2 is 1.76 bits per heavy atom. The monoisotopic (exact) mass is 356 g/mol. The van der Waals surface area contributed by atoms with Crippen LogP contribution in [0.3, 0.4) is 0 Å². The fraction of sp³-hybridized carbons (Fsp3) is 0.111. The Kier molecular flexibility index (Phi) is 4.90. The summed E-state index contributed by atoms with van der Waals surface area (Å²) in [5.41, 5.74) is 7.51. The fourth-order valence-corrected chi connectivity index (χ4v) is 2.54. The molecule has 0 aliphatic heterocycles. The molecular weight excluding hydrogens is 340 g/mol. The van der Waals surface area contributed by atoms with E-state index in [1.54, 1.807) is 44.6 Å². The van der Waals surface area contributed by atoms with E-state index in [1.165, 1.54) is 0 Å². The second-order valence-electron chi connectivity index (χ2n) is 5.21. The van der Waals surface area contributed by atoms with Crippen LogP contribution in [0.2, 0.25) is 5.02 Å². The lowest BCUT2D eigenvalue weighted by atomic mass is 10.2. The summed E-state index contributed by atoms with van der Waals surface area (Å²) in [4.78, 5) is 8.82. The van der Waals surface area contributed by atoms with Crippen molar-refractivity contribution in [2.45, 2.75) is 0 Å². The van der Waals surface area contributed by atoms with Crippen molar-refractivity contribution in [3.63, 3.8) is 0 Å². The van der Waals surface area contributed by atoms with Gasteiger partial charge in [0.05, 0.1) is 14.2 Å². The van der Waals surface area contributed by atoms with E-state index in [1.807, 2.05) is 18.2 Å². The van der Waals surface area contributed by atoms with Crippen molar-refractivity contribution in [1.82, 2.24) is 9.97 Å². The third kappa shape index (κ3) is 3.92. The van der Waals surface area contributed by atoms with Crippen LogP contribution < -0.4 is 20.5 Å². The zero-order valence-electron chi connectivity index (χ0n) is 13.8. The summed E-state index contributed by atoms with van der Waals surface area (Å²) in [6.07, 6.45) is 0. The lowest BCUT2D eigenvalue weighted by Gasteiger charge is -2.11. The van der Waals surface area contributed by atoms with Crippen molar-refractivity contribution in [1.29, 1.82) is 0 Å². The van der Waals surface area contributed by atoms with E-state index in [0.717, 1.165) is 11.3 Å². The van der Waals surface area contributed by atoms with Gasteiger partial charge in [-0.25, -0.2) is 9.97 Å². The van der Waals surface area contributed by atoms with Crippen LogP contribution >= 0.6 is 11.6 Å². The predicted octanol–water partition coefficient (Wildman–Crippen LogP) is 4.14. The van der Waals surface area contributed by atoms with Crippen molar-refractivity contribution >= 4 is 28.9 Å². The molecule has 0 bridgehead atoms. The maximum atomic E-state index is 6.01. The van der Waals surface area contributed by atoms with E-state index in [9.17, 15) is 0 Å². The van der Waals surface area contributed by atoms with E-state index >= 15 is 0 Å². The van der Waals surface area contributed by atoms with E-state index in [-0.39, 0.29) is 0 Å². The van der Waals surface area contributed by atoms with Crippen LogP contribution in [0.1, 0.15) is 0 Å². The molecule has 0 amide bonds. The Morgan fingerprint density at radius 1 is 0.960 bits per heavy atom. The molecule has 6 nitrogen and oxygen atoms in total. The van der Waals surface area contributed by atoms with Crippen LogP contribution in [0.15, 0.2) is 48.5 Å². The van der Waals surface area contributed by atoms with Crippen LogP contribution in [0.5, 0.6) is 11.5 Å². The zero-order valence-corrected chi connectivity index (χ0v) is 14.5. The molecule has 0 fully saturated rings. The third-order valence-electron chi connectivity index (χ3n) is 3.48. The van der Waals surface area contributed by atoms with Gasteiger partial charge in [-0.2, -0.15) is 0 Å². The number of nitrogens with one attached hydrogen (secondary N) is 1. The van der Waals surface area contributed by atoms with E-state index in [4.69, 9.17) is 26.8 Å². The van der Waals surface area contributed by atoms with Gasteiger partial charge < -0.3 is 20.5 Å². The van der Waals surface area contributed by atoms with Gasteiger partial charge in [0.15, 0.2) is 17.3 Å². The number of nitrogens with zero attached hydrogens (tertiary/aromatic N) is 2. The quantitative estimate of drug-likeness (QED) is 0.715. The smallest absolute Gasteiger partial charge is 0.163 e. The normalized spacial score (nSPS) is 10.4. The first-order valence-electron chi connectivity index (χ1n) is 7.48. The van der Waals surface area contributed by atoms with Crippen molar-refractivity contribution < 1.29 is 9.47 Å². The van der Waals surface area contributed by atoms with Crippen molar-refractivity contribution in [3.05, 3.63) is 53.6 Å². The van der Waals surface area contributed by atoms with Gasteiger partial charge in [0.2, 0.25) is 0 Å². The Bertz CT molecular complexity index is 902. The molecule has 0 atom stereocenters. The molecule has 0 spiro atoms.